The quantitative estimate of drug-likeness (QED) is 0.867. The molecular weight excluding hydrogens is 254 g/mol. The molecule has 1 unspecified atom stereocenters. The van der Waals surface area contributed by atoms with E-state index in [-0.39, 0.29) is 6.04 Å². The third-order valence-corrected chi connectivity index (χ3v) is 3.79. The fraction of sp³-hybridized carbons (Fsp3) is 0.250. The van der Waals surface area contributed by atoms with Crippen molar-refractivity contribution in [1.29, 1.82) is 0 Å². The summed E-state index contributed by atoms with van der Waals surface area (Å²) in [6, 6.07) is 8.45. The van der Waals surface area contributed by atoms with E-state index in [1.165, 1.54) is 4.90 Å². The average molecular weight is 268 g/mol. The maximum atomic E-state index is 5.90. The van der Waals surface area contributed by atoms with Crippen molar-refractivity contribution >= 4 is 29.2 Å². The highest BCUT2D eigenvalue weighted by atomic mass is 35.5. The second-order valence-electron chi connectivity index (χ2n) is 3.77. The van der Waals surface area contributed by atoms with Crippen LogP contribution >= 0.6 is 23.4 Å². The van der Waals surface area contributed by atoms with E-state index >= 15 is 0 Å². The maximum Gasteiger partial charge on any atom is 0.141 e. The Morgan fingerprint density at radius 3 is 2.47 bits per heavy atom. The Morgan fingerprint density at radius 1 is 1.35 bits per heavy atom. The van der Waals surface area contributed by atoms with Crippen molar-refractivity contribution in [2.75, 3.05) is 12.0 Å². The summed E-state index contributed by atoms with van der Waals surface area (Å²) in [5.74, 6) is 0.508. The lowest BCUT2D eigenvalue weighted by Gasteiger charge is -2.14. The smallest absolute Gasteiger partial charge is 0.141 e. The van der Waals surface area contributed by atoms with Gasteiger partial charge in [-0.15, -0.1) is 11.8 Å². The summed E-state index contributed by atoms with van der Waals surface area (Å²) >= 11 is 7.62. The molecule has 0 radical (unpaired) electrons. The first kappa shape index (κ1) is 12.3. The molecule has 3 nitrogen and oxygen atoms in total. The van der Waals surface area contributed by atoms with Crippen molar-refractivity contribution in [3.05, 3.63) is 41.0 Å². The molecule has 2 rings (SSSR count). The van der Waals surface area contributed by atoms with E-state index in [9.17, 15) is 0 Å². The first-order valence-electron chi connectivity index (χ1n) is 5.26. The van der Waals surface area contributed by atoms with Gasteiger partial charge in [-0.05, 0) is 30.9 Å². The molecular formula is C12H14ClN3S. The largest absolute Gasteiger partial charge is 0.383 e. The molecule has 0 aliphatic heterocycles. The van der Waals surface area contributed by atoms with Crippen LogP contribution in [0.2, 0.25) is 5.02 Å². The van der Waals surface area contributed by atoms with Gasteiger partial charge in [0.15, 0.2) is 0 Å². The summed E-state index contributed by atoms with van der Waals surface area (Å²) in [5, 5.41) is 4.69. The minimum absolute atomic E-state index is 0.0819. The molecule has 1 aromatic heterocycles. The molecule has 2 N–H and O–H groups in total. The Bertz CT molecular complexity index is 507. The summed E-state index contributed by atoms with van der Waals surface area (Å²) in [4.78, 5) is 1.24. The van der Waals surface area contributed by atoms with Gasteiger partial charge in [-0.3, -0.25) is 0 Å². The Balaban J connectivity index is 2.30. The lowest BCUT2D eigenvalue weighted by molar-refractivity contribution is 0.573. The minimum atomic E-state index is 0.0819. The molecule has 1 aromatic carbocycles. The summed E-state index contributed by atoms with van der Waals surface area (Å²) < 4.78 is 1.73. The lowest BCUT2D eigenvalue weighted by atomic mass is 10.1. The predicted molar refractivity (Wildman–Crippen MR) is 73.7 cm³/mol. The van der Waals surface area contributed by atoms with Gasteiger partial charge in [-0.25, -0.2) is 4.68 Å². The van der Waals surface area contributed by atoms with Gasteiger partial charge in [0.2, 0.25) is 0 Å². The van der Waals surface area contributed by atoms with E-state index < -0.39 is 0 Å². The number of aromatic nitrogens is 2. The molecule has 0 bridgehead atoms. The number of nitrogen functional groups attached to an aromatic ring is 1. The molecule has 0 aliphatic carbocycles. The molecule has 5 heteroatoms. The molecule has 1 atom stereocenters. The van der Waals surface area contributed by atoms with Gasteiger partial charge in [0.05, 0.1) is 12.2 Å². The Hall–Kier alpha value is -1.13. The van der Waals surface area contributed by atoms with Gasteiger partial charge in [0, 0.05) is 4.90 Å². The van der Waals surface area contributed by atoms with Crippen LogP contribution in [0.5, 0.6) is 0 Å². The second kappa shape index (κ2) is 5.02. The van der Waals surface area contributed by atoms with Crippen LogP contribution in [-0.4, -0.2) is 16.0 Å². The number of hydrogen-bond donors (Lipinski definition) is 1. The molecule has 1 heterocycles. The summed E-state index contributed by atoms with van der Waals surface area (Å²) in [7, 11) is 0. The van der Waals surface area contributed by atoms with E-state index in [0.29, 0.717) is 10.8 Å². The maximum absolute atomic E-state index is 5.90. The Morgan fingerprint density at radius 2 is 2.00 bits per heavy atom. The number of benzene rings is 1. The Labute approximate surface area is 110 Å². The zero-order valence-corrected chi connectivity index (χ0v) is 11.3. The average Bonchev–Trinajstić information content (AvgIpc) is 2.69. The van der Waals surface area contributed by atoms with E-state index in [2.05, 4.69) is 35.6 Å². The van der Waals surface area contributed by atoms with Crippen LogP contribution in [0.25, 0.3) is 0 Å². The van der Waals surface area contributed by atoms with Crippen LogP contribution < -0.4 is 5.73 Å². The van der Waals surface area contributed by atoms with Crippen LogP contribution in [0, 0.1) is 0 Å². The van der Waals surface area contributed by atoms with Crippen LogP contribution in [0.1, 0.15) is 18.5 Å². The summed E-state index contributed by atoms with van der Waals surface area (Å²) in [6.45, 7) is 2.05. The second-order valence-corrected chi connectivity index (χ2v) is 5.06. The highest BCUT2D eigenvalue weighted by Crippen LogP contribution is 2.26. The first-order chi connectivity index (χ1) is 8.13. The van der Waals surface area contributed by atoms with E-state index in [1.54, 1.807) is 22.6 Å². The monoisotopic (exact) mass is 267 g/mol. The third-order valence-electron chi connectivity index (χ3n) is 2.75. The first-order valence-corrected chi connectivity index (χ1v) is 6.86. The molecule has 0 amide bonds. The van der Waals surface area contributed by atoms with Crippen molar-refractivity contribution in [1.82, 2.24) is 9.78 Å². The number of nitrogens with zero attached hydrogens (tertiary/aromatic N) is 2. The van der Waals surface area contributed by atoms with Crippen molar-refractivity contribution in [2.45, 2.75) is 17.9 Å². The highest BCUT2D eigenvalue weighted by Gasteiger charge is 2.13. The predicted octanol–water partition coefficient (Wildman–Crippen LogP) is 3.45. The van der Waals surface area contributed by atoms with E-state index in [4.69, 9.17) is 17.3 Å². The Kier molecular flexibility index (Phi) is 3.64. The molecule has 2 aromatic rings. The standard InChI is InChI=1S/C12H14ClN3S/c1-8(16-12(14)11(13)7-15-16)9-3-5-10(17-2)6-4-9/h3-8H,14H2,1-2H3. The van der Waals surface area contributed by atoms with Gasteiger partial charge in [0.25, 0.3) is 0 Å². The fourth-order valence-electron chi connectivity index (χ4n) is 1.68. The van der Waals surface area contributed by atoms with Crippen LogP contribution in [0.3, 0.4) is 0 Å². The van der Waals surface area contributed by atoms with Crippen molar-refractivity contribution in [2.24, 2.45) is 0 Å². The topological polar surface area (TPSA) is 43.8 Å². The van der Waals surface area contributed by atoms with Crippen molar-refractivity contribution < 1.29 is 0 Å². The van der Waals surface area contributed by atoms with Crippen molar-refractivity contribution in [3.63, 3.8) is 0 Å². The number of hydrogen-bond acceptors (Lipinski definition) is 3. The molecule has 0 spiro atoms. The normalized spacial score (nSPS) is 12.6. The molecule has 0 aliphatic rings. The molecule has 17 heavy (non-hydrogen) atoms. The molecule has 0 saturated heterocycles. The van der Waals surface area contributed by atoms with Crippen LogP contribution in [-0.2, 0) is 0 Å². The number of halogens is 1. The number of rotatable bonds is 3. The van der Waals surface area contributed by atoms with Crippen LogP contribution in [0.4, 0.5) is 5.82 Å². The third kappa shape index (κ3) is 2.42. The highest BCUT2D eigenvalue weighted by molar-refractivity contribution is 7.98. The molecule has 0 fully saturated rings. The van der Waals surface area contributed by atoms with Gasteiger partial charge < -0.3 is 5.73 Å². The van der Waals surface area contributed by atoms with Crippen molar-refractivity contribution in [3.8, 4) is 0 Å². The van der Waals surface area contributed by atoms with Crippen LogP contribution in [0.15, 0.2) is 35.4 Å². The van der Waals surface area contributed by atoms with Gasteiger partial charge in [-0.1, -0.05) is 23.7 Å². The minimum Gasteiger partial charge on any atom is -0.383 e. The number of anilines is 1. The summed E-state index contributed by atoms with van der Waals surface area (Å²) in [5.41, 5.74) is 7.02. The molecule has 0 saturated carbocycles. The number of nitrogens with two attached hydrogens (primary N) is 1. The fourth-order valence-corrected chi connectivity index (χ4v) is 2.22. The SMILES string of the molecule is CSc1ccc(C(C)n2ncc(Cl)c2N)cc1. The van der Waals surface area contributed by atoms with E-state index in [0.717, 1.165) is 5.56 Å². The summed E-state index contributed by atoms with van der Waals surface area (Å²) in [6.07, 6.45) is 3.63. The molecule has 90 valence electrons. The lowest BCUT2D eigenvalue weighted by Crippen LogP contribution is -2.11. The number of thioether (sulfide) groups is 1. The zero-order valence-electron chi connectivity index (χ0n) is 9.72. The van der Waals surface area contributed by atoms with Gasteiger partial charge in [-0.2, -0.15) is 5.10 Å². The van der Waals surface area contributed by atoms with E-state index in [1.807, 2.05) is 6.92 Å². The van der Waals surface area contributed by atoms with Gasteiger partial charge in [0.1, 0.15) is 10.8 Å². The van der Waals surface area contributed by atoms with Gasteiger partial charge >= 0.3 is 0 Å². The zero-order chi connectivity index (χ0) is 12.4.